The highest BCUT2D eigenvalue weighted by Crippen LogP contribution is 2.48. The molecule has 0 aliphatic carbocycles. The van der Waals surface area contributed by atoms with E-state index in [1.54, 1.807) is 24.3 Å². The highest BCUT2D eigenvalue weighted by atomic mass is 19.4. The number of amidine groups is 1. The van der Waals surface area contributed by atoms with Gasteiger partial charge < -0.3 is 15.0 Å². The molecule has 1 aliphatic heterocycles. The second-order valence-corrected chi connectivity index (χ2v) is 8.41. The van der Waals surface area contributed by atoms with Gasteiger partial charge in [-0.25, -0.2) is 4.99 Å². The summed E-state index contributed by atoms with van der Waals surface area (Å²) >= 11 is 0. The topological polar surface area (TPSA) is 36.9 Å². The van der Waals surface area contributed by atoms with Crippen LogP contribution in [0, 0.1) is 13.8 Å². The quantitative estimate of drug-likeness (QED) is 0.448. The molecule has 4 rings (SSSR count). The molecule has 0 radical (unpaired) electrons. The van der Waals surface area contributed by atoms with Gasteiger partial charge in [-0.15, -0.1) is 0 Å². The lowest BCUT2D eigenvalue weighted by Gasteiger charge is -2.38. The molecule has 3 aromatic carbocycles. The third kappa shape index (κ3) is 4.34. The number of rotatable bonds is 5. The Bertz CT molecular complexity index is 1180. The number of halogens is 3. The lowest BCUT2D eigenvalue weighted by Crippen LogP contribution is -2.49. The van der Waals surface area contributed by atoms with Crippen LogP contribution in [0.4, 0.5) is 24.5 Å². The molecule has 1 heterocycles. The number of aliphatic imine (C=N–C) groups is 1. The Hall–Kier alpha value is -3.48. The summed E-state index contributed by atoms with van der Waals surface area (Å²) in [5.74, 6) is 0.237. The van der Waals surface area contributed by atoms with Gasteiger partial charge in [-0.2, -0.15) is 13.2 Å². The number of anilines is 2. The van der Waals surface area contributed by atoms with Gasteiger partial charge in [0.15, 0.2) is 0 Å². The monoisotopic (exact) mass is 467 g/mol. The molecule has 0 bridgehead atoms. The summed E-state index contributed by atoms with van der Waals surface area (Å²) in [4.78, 5) is 6.26. The maximum Gasteiger partial charge on any atom is 0.455 e. The number of nitrogens with one attached hydrogen (secondary N) is 1. The summed E-state index contributed by atoms with van der Waals surface area (Å²) in [6.07, 6.45) is -4.80. The Labute approximate surface area is 198 Å². The van der Waals surface area contributed by atoms with E-state index in [2.05, 4.69) is 15.2 Å². The lowest BCUT2D eigenvalue weighted by molar-refractivity contribution is -0.252. The average molecular weight is 468 g/mol. The Morgan fingerprint density at radius 2 is 1.47 bits per heavy atom. The van der Waals surface area contributed by atoms with E-state index in [0.717, 1.165) is 29.9 Å². The second kappa shape index (κ2) is 9.05. The van der Waals surface area contributed by atoms with Crippen molar-refractivity contribution in [2.24, 2.45) is 4.99 Å². The van der Waals surface area contributed by atoms with Gasteiger partial charge in [0.05, 0.1) is 5.56 Å². The van der Waals surface area contributed by atoms with Gasteiger partial charge in [-0.05, 0) is 52.0 Å². The molecule has 1 aliphatic rings. The number of ether oxygens (including phenoxy) is 1. The summed E-state index contributed by atoms with van der Waals surface area (Å²) in [6.45, 7) is 9.22. The number of alkyl halides is 3. The van der Waals surface area contributed by atoms with E-state index in [1.165, 1.54) is 12.1 Å². The second-order valence-electron chi connectivity index (χ2n) is 8.41. The fraction of sp³-hybridized carbons (Fsp3) is 0.296. The first kappa shape index (κ1) is 23.7. The van der Waals surface area contributed by atoms with Crippen LogP contribution in [-0.2, 0) is 5.72 Å². The minimum Gasteiger partial charge on any atom is -0.452 e. The predicted octanol–water partition coefficient (Wildman–Crippen LogP) is 6.82. The molecule has 7 heteroatoms. The van der Waals surface area contributed by atoms with Crippen LogP contribution < -0.4 is 15.0 Å². The summed E-state index contributed by atoms with van der Waals surface area (Å²) in [6, 6.07) is 18.9. The number of nitrogens with zero attached hydrogens (tertiary/aromatic N) is 2. The average Bonchev–Trinajstić information content (AvgIpc) is 2.81. The Balaban J connectivity index is 1.91. The van der Waals surface area contributed by atoms with E-state index >= 15 is 0 Å². The van der Waals surface area contributed by atoms with Crippen molar-refractivity contribution in [3.8, 4) is 5.75 Å². The first-order valence-corrected chi connectivity index (χ1v) is 11.3. The number of fused-ring (bicyclic) bond motifs is 1. The number of hydrogen-bond donors (Lipinski definition) is 1. The Kier molecular flexibility index (Phi) is 6.30. The third-order valence-corrected chi connectivity index (χ3v) is 6.02. The predicted molar refractivity (Wildman–Crippen MR) is 131 cm³/mol. The summed E-state index contributed by atoms with van der Waals surface area (Å²) in [7, 11) is 0. The zero-order valence-electron chi connectivity index (χ0n) is 19.7. The Morgan fingerprint density at radius 3 is 2.03 bits per heavy atom. The molecule has 1 atom stereocenters. The SMILES string of the molecule is CCN(CC)c1ccc2c(c1)OC(c1ccc(C)cc1)(C(F)(F)F)N=C2Nc1ccc(C)cc1. The maximum absolute atomic E-state index is 14.8. The van der Waals surface area contributed by atoms with Crippen molar-refractivity contribution in [2.75, 3.05) is 23.3 Å². The number of aryl methyl sites for hydroxylation is 2. The molecular weight excluding hydrogens is 439 g/mol. The van der Waals surface area contributed by atoms with Crippen molar-refractivity contribution in [2.45, 2.75) is 39.6 Å². The largest absolute Gasteiger partial charge is 0.455 e. The molecule has 4 nitrogen and oxygen atoms in total. The van der Waals surface area contributed by atoms with Crippen molar-refractivity contribution < 1.29 is 17.9 Å². The van der Waals surface area contributed by atoms with Gasteiger partial charge in [-0.1, -0.05) is 47.5 Å². The molecule has 178 valence electrons. The van der Waals surface area contributed by atoms with Gasteiger partial charge in [0.2, 0.25) is 0 Å². The van der Waals surface area contributed by atoms with Crippen LogP contribution in [0.2, 0.25) is 0 Å². The number of hydrogen-bond acceptors (Lipinski definition) is 4. The normalized spacial score (nSPS) is 17.4. The van der Waals surface area contributed by atoms with Crippen LogP contribution in [0.1, 0.15) is 36.1 Å². The molecule has 0 fully saturated rings. The maximum atomic E-state index is 14.8. The molecule has 0 saturated heterocycles. The first-order chi connectivity index (χ1) is 16.2. The highest BCUT2D eigenvalue weighted by molar-refractivity contribution is 6.11. The fourth-order valence-corrected chi connectivity index (χ4v) is 4.03. The third-order valence-electron chi connectivity index (χ3n) is 6.02. The zero-order valence-corrected chi connectivity index (χ0v) is 19.7. The van der Waals surface area contributed by atoms with Crippen molar-refractivity contribution in [3.05, 3.63) is 89.0 Å². The first-order valence-electron chi connectivity index (χ1n) is 11.3. The van der Waals surface area contributed by atoms with Gasteiger partial charge in [0, 0.05) is 36.1 Å². The van der Waals surface area contributed by atoms with E-state index in [9.17, 15) is 13.2 Å². The fourth-order valence-electron chi connectivity index (χ4n) is 4.03. The van der Waals surface area contributed by atoms with Crippen LogP contribution in [0.25, 0.3) is 0 Å². The van der Waals surface area contributed by atoms with Crippen molar-refractivity contribution in [3.63, 3.8) is 0 Å². The van der Waals surface area contributed by atoms with Crippen molar-refractivity contribution >= 4 is 17.2 Å². The van der Waals surface area contributed by atoms with E-state index in [1.807, 2.05) is 58.0 Å². The molecule has 34 heavy (non-hydrogen) atoms. The Morgan fingerprint density at radius 1 is 0.882 bits per heavy atom. The molecule has 0 spiro atoms. The summed E-state index contributed by atoms with van der Waals surface area (Å²) < 4.78 is 50.1. The molecular formula is C27H28F3N3O. The molecule has 0 amide bonds. The molecule has 0 saturated carbocycles. The van der Waals surface area contributed by atoms with E-state index in [-0.39, 0.29) is 17.1 Å². The smallest absolute Gasteiger partial charge is 0.452 e. The van der Waals surface area contributed by atoms with Crippen molar-refractivity contribution in [1.82, 2.24) is 0 Å². The van der Waals surface area contributed by atoms with Crippen LogP contribution in [0.5, 0.6) is 5.75 Å². The van der Waals surface area contributed by atoms with Gasteiger partial charge in [0.1, 0.15) is 11.6 Å². The van der Waals surface area contributed by atoms with E-state index in [0.29, 0.717) is 11.3 Å². The van der Waals surface area contributed by atoms with Gasteiger partial charge in [0.25, 0.3) is 0 Å². The van der Waals surface area contributed by atoms with E-state index < -0.39 is 11.9 Å². The summed E-state index contributed by atoms with van der Waals surface area (Å²) in [5.41, 5.74) is 0.861. The van der Waals surface area contributed by atoms with Gasteiger partial charge >= 0.3 is 11.9 Å². The molecule has 1 unspecified atom stereocenters. The standard InChI is InChI=1S/C27H28F3N3O/c1-5-33(6-2)22-15-16-23-24(17-22)34-26(27(28,29)30,20-11-7-18(3)8-12-20)32-25(23)31-21-13-9-19(4)10-14-21/h7-17H,5-6H2,1-4H3,(H,31,32). The van der Waals surface area contributed by atoms with Crippen LogP contribution in [0.15, 0.2) is 71.7 Å². The van der Waals surface area contributed by atoms with Gasteiger partial charge in [-0.3, -0.25) is 0 Å². The number of benzene rings is 3. The van der Waals surface area contributed by atoms with Crippen LogP contribution >= 0.6 is 0 Å². The molecule has 0 aromatic heterocycles. The van der Waals surface area contributed by atoms with Crippen LogP contribution in [-0.4, -0.2) is 25.1 Å². The minimum atomic E-state index is -4.80. The minimum absolute atomic E-state index is 0.0762. The highest BCUT2D eigenvalue weighted by Gasteiger charge is 2.61. The van der Waals surface area contributed by atoms with Crippen LogP contribution in [0.3, 0.4) is 0 Å². The summed E-state index contributed by atoms with van der Waals surface area (Å²) in [5, 5.41) is 3.11. The molecule has 1 N–H and O–H groups in total. The molecule has 3 aromatic rings. The van der Waals surface area contributed by atoms with E-state index in [4.69, 9.17) is 4.74 Å². The lowest BCUT2D eigenvalue weighted by atomic mass is 9.98. The zero-order chi connectivity index (χ0) is 24.5. The van der Waals surface area contributed by atoms with Crippen molar-refractivity contribution in [1.29, 1.82) is 0 Å².